The van der Waals surface area contributed by atoms with Gasteiger partial charge in [-0.15, -0.1) is 0 Å². The summed E-state index contributed by atoms with van der Waals surface area (Å²) in [6.07, 6.45) is 0. The van der Waals surface area contributed by atoms with Gasteiger partial charge >= 0.3 is 0 Å². The van der Waals surface area contributed by atoms with Gasteiger partial charge in [0.15, 0.2) is 0 Å². The van der Waals surface area contributed by atoms with E-state index in [4.69, 9.17) is 9.47 Å². The summed E-state index contributed by atoms with van der Waals surface area (Å²) in [6.45, 7) is 9.45. The van der Waals surface area contributed by atoms with Crippen molar-refractivity contribution in [2.75, 3.05) is 9.80 Å². The zero-order chi connectivity index (χ0) is 39.9. The van der Waals surface area contributed by atoms with E-state index in [1.165, 1.54) is 20.7 Å². The maximum Gasteiger partial charge on any atom is 0.214 e. The van der Waals surface area contributed by atoms with Crippen LogP contribution in [0, 0.1) is 0 Å². The number of anilines is 6. The molecule has 0 N–H and O–H groups in total. The van der Waals surface area contributed by atoms with Crippen molar-refractivity contribution in [3.05, 3.63) is 146 Å². The van der Waals surface area contributed by atoms with Crippen molar-refractivity contribution in [2.45, 2.75) is 45.8 Å². The van der Waals surface area contributed by atoms with Gasteiger partial charge in [-0.1, -0.05) is 86.9 Å². The Morgan fingerprint density at radius 3 is 1.17 bits per heavy atom. The normalized spacial score (nSPS) is 17.7. The molecule has 0 unspecified atom stereocenters. The van der Waals surface area contributed by atoms with Crippen molar-refractivity contribution in [1.82, 2.24) is 0 Å². The lowest BCUT2D eigenvalue weighted by Gasteiger charge is -2.46. The van der Waals surface area contributed by atoms with E-state index in [9.17, 15) is 16.8 Å². The molecule has 0 fully saturated rings. The average molecular weight is 833 g/mol. The summed E-state index contributed by atoms with van der Waals surface area (Å²) in [5, 5.41) is 4.81. The number of benzene rings is 7. The van der Waals surface area contributed by atoms with E-state index in [1.807, 2.05) is 24.3 Å². The van der Waals surface area contributed by atoms with Crippen molar-refractivity contribution >= 4 is 90.7 Å². The van der Waals surface area contributed by atoms with Gasteiger partial charge in [-0.05, 0) is 106 Å². The van der Waals surface area contributed by atoms with E-state index >= 15 is 0 Å². The molecule has 0 spiro atoms. The zero-order valence-corrected chi connectivity index (χ0v) is 35.6. The first-order valence-electron chi connectivity index (χ1n) is 19.1. The van der Waals surface area contributed by atoms with Gasteiger partial charge in [-0.2, -0.15) is 0 Å². The number of fused-ring (bicyclic) bond motifs is 8. The van der Waals surface area contributed by atoms with Gasteiger partial charge in [-0.3, -0.25) is 0 Å². The molecule has 58 heavy (non-hydrogen) atoms. The highest BCUT2D eigenvalue weighted by molar-refractivity contribution is 7.92. The van der Waals surface area contributed by atoms with Gasteiger partial charge in [0.1, 0.15) is 58.7 Å². The second-order valence-corrected chi connectivity index (χ2v) is 28.6. The third-order valence-electron chi connectivity index (χ3n) is 12.2. The Kier molecular flexibility index (Phi) is 7.19. The summed E-state index contributed by atoms with van der Waals surface area (Å²) in [7, 11) is -12.6. The van der Waals surface area contributed by atoms with Gasteiger partial charge in [0.05, 0.1) is 0 Å². The van der Waals surface area contributed by atoms with Crippen LogP contribution in [0.1, 0.15) is 0 Å². The van der Waals surface area contributed by atoms with Crippen molar-refractivity contribution in [2.24, 2.45) is 0 Å². The molecule has 0 aromatic heterocycles. The molecule has 0 atom stereocenters. The van der Waals surface area contributed by atoms with Crippen molar-refractivity contribution < 1.29 is 26.3 Å². The van der Waals surface area contributed by atoms with E-state index in [0.717, 1.165) is 34.1 Å². The van der Waals surface area contributed by atoms with Crippen molar-refractivity contribution in [3.8, 4) is 23.0 Å². The second kappa shape index (κ2) is 11.8. The van der Waals surface area contributed by atoms with Crippen LogP contribution in [0.15, 0.2) is 165 Å². The zero-order valence-electron chi connectivity index (χ0n) is 32.0. The minimum Gasteiger partial charge on any atom is -0.455 e. The van der Waals surface area contributed by atoms with Crippen molar-refractivity contribution in [3.63, 3.8) is 0 Å². The molecule has 0 aliphatic carbocycles. The third-order valence-corrected chi connectivity index (χ3v) is 22.9. The largest absolute Gasteiger partial charge is 0.455 e. The molecule has 0 bridgehead atoms. The molecule has 7 aromatic carbocycles. The molecule has 11 rings (SSSR count). The Hall–Kier alpha value is -5.93. The Balaban J connectivity index is 1.14. The molecule has 4 aliphatic heterocycles. The number of para-hydroxylation sites is 4. The van der Waals surface area contributed by atoms with Crippen LogP contribution in [0.5, 0.6) is 23.0 Å². The van der Waals surface area contributed by atoms with Gasteiger partial charge in [0.25, 0.3) is 0 Å². The van der Waals surface area contributed by atoms with Crippen LogP contribution < -0.4 is 40.0 Å². The molecular weight excluding hydrogens is 797 g/mol. The lowest BCUT2D eigenvalue weighted by atomic mass is 10.1. The standard InChI is InChI=1S/C46H36N2O6S2Si2/c1-57(2)43-19-11-5-13-31(43)47(29-21-23-37-41(25-29)55(49,50)39-17-9-7-15-35(39)53-37)33-28-46-34(27-45(33)57)48(32-14-6-12-20-44(32)58(46,3)4)30-22-24-38-42(26-30)56(51,52)40-18-10-8-16-36(40)54-38/h5-28H,1-4H3. The second-order valence-electron chi connectivity index (χ2n) is 16.2. The maximum atomic E-state index is 14.1. The first-order chi connectivity index (χ1) is 27.8. The summed E-state index contributed by atoms with van der Waals surface area (Å²) >= 11 is 0. The molecular formula is C46H36N2O6S2Si2. The third kappa shape index (κ3) is 4.71. The number of hydrogen-bond acceptors (Lipinski definition) is 8. The molecule has 0 amide bonds. The fourth-order valence-electron chi connectivity index (χ4n) is 9.30. The molecule has 0 radical (unpaired) electrons. The van der Waals surface area contributed by atoms with Crippen LogP contribution in [0.4, 0.5) is 34.1 Å². The molecule has 8 nitrogen and oxygen atoms in total. The van der Waals surface area contributed by atoms with E-state index in [0.29, 0.717) is 23.0 Å². The van der Waals surface area contributed by atoms with Gasteiger partial charge in [-0.25, -0.2) is 16.8 Å². The number of rotatable bonds is 2. The Morgan fingerprint density at radius 2 is 0.741 bits per heavy atom. The first-order valence-corrected chi connectivity index (χ1v) is 28.0. The molecule has 12 heteroatoms. The predicted molar refractivity (Wildman–Crippen MR) is 233 cm³/mol. The molecule has 4 aliphatic rings. The summed E-state index contributed by atoms with van der Waals surface area (Å²) in [4.78, 5) is 5.00. The Bertz CT molecular complexity index is 2990. The molecule has 7 aromatic rings. The van der Waals surface area contributed by atoms with E-state index in [-0.39, 0.29) is 19.6 Å². The van der Waals surface area contributed by atoms with E-state index < -0.39 is 35.8 Å². The van der Waals surface area contributed by atoms with Crippen LogP contribution in [0.25, 0.3) is 0 Å². The minimum atomic E-state index is -3.87. The summed E-state index contributed by atoms with van der Waals surface area (Å²) in [5.74, 6) is 1.24. The Morgan fingerprint density at radius 1 is 0.379 bits per heavy atom. The molecule has 0 saturated carbocycles. The quantitative estimate of drug-likeness (QED) is 0.160. The lowest BCUT2D eigenvalue weighted by molar-refractivity contribution is 0.442. The fourth-order valence-corrected chi connectivity index (χ4v) is 18.3. The number of sulfone groups is 2. The highest BCUT2D eigenvalue weighted by Crippen LogP contribution is 2.49. The van der Waals surface area contributed by atoms with Gasteiger partial charge in [0, 0.05) is 34.1 Å². The Labute approximate surface area is 339 Å². The van der Waals surface area contributed by atoms with Crippen LogP contribution >= 0.6 is 0 Å². The maximum absolute atomic E-state index is 14.1. The van der Waals surface area contributed by atoms with E-state index in [1.54, 1.807) is 72.8 Å². The molecule has 286 valence electrons. The van der Waals surface area contributed by atoms with E-state index in [2.05, 4.69) is 84.5 Å². The van der Waals surface area contributed by atoms with Crippen LogP contribution in [-0.4, -0.2) is 33.0 Å². The highest BCUT2D eigenvalue weighted by Gasteiger charge is 2.45. The summed E-state index contributed by atoms with van der Waals surface area (Å²) < 4.78 is 68.9. The molecule has 4 heterocycles. The summed E-state index contributed by atoms with van der Waals surface area (Å²) in [5.41, 5.74) is 5.51. The lowest BCUT2D eigenvalue weighted by Crippen LogP contribution is -2.62. The van der Waals surface area contributed by atoms with Crippen molar-refractivity contribution in [1.29, 1.82) is 0 Å². The monoisotopic (exact) mass is 832 g/mol. The van der Waals surface area contributed by atoms with Gasteiger partial charge < -0.3 is 19.3 Å². The SMILES string of the molecule is C[Si]1(C)c2ccccc2N(c2ccc3c(c2)S(=O)(=O)c2ccccc2O3)c2cc3c(cc21)N(c1ccc2c(c1)S(=O)(=O)c1ccccc1O2)c1ccccc1[Si]3(C)C. The predicted octanol–water partition coefficient (Wildman–Crippen LogP) is 8.78. The van der Waals surface area contributed by atoms with Gasteiger partial charge in [0.2, 0.25) is 19.7 Å². The average Bonchev–Trinajstić information content (AvgIpc) is 3.21. The van der Waals surface area contributed by atoms with Crippen LogP contribution in [-0.2, 0) is 19.7 Å². The number of nitrogens with zero attached hydrogens (tertiary/aromatic N) is 2. The minimum absolute atomic E-state index is 0.131. The topological polar surface area (TPSA) is 93.2 Å². The number of hydrogen-bond donors (Lipinski definition) is 0. The van der Waals surface area contributed by atoms with Crippen LogP contribution in [0.2, 0.25) is 26.2 Å². The first kappa shape index (κ1) is 35.3. The highest BCUT2D eigenvalue weighted by atomic mass is 32.2. The number of ether oxygens (including phenoxy) is 2. The van der Waals surface area contributed by atoms with Crippen LogP contribution in [0.3, 0.4) is 0 Å². The summed E-state index contributed by atoms with van der Waals surface area (Å²) in [6, 6.07) is 46.0. The molecule has 0 saturated heterocycles. The smallest absolute Gasteiger partial charge is 0.214 e. The fraction of sp³-hybridized carbons (Fsp3) is 0.0870.